The van der Waals surface area contributed by atoms with Gasteiger partial charge in [0.15, 0.2) is 5.78 Å². The number of ketones is 2. The molecule has 0 aliphatic carbocycles. The van der Waals surface area contributed by atoms with Gasteiger partial charge < -0.3 is 5.11 Å². The second-order valence-corrected chi connectivity index (χ2v) is 6.75. The number of sulfone groups is 1. The molecule has 2 N–H and O–H groups in total. The number of benzene rings is 1. The first-order chi connectivity index (χ1) is 10.7. The highest BCUT2D eigenvalue weighted by molar-refractivity contribution is 7.91. The Hall–Kier alpha value is -2.52. The normalized spacial score (nSPS) is 11.2. The largest absolute Gasteiger partial charge is 0.475 e. The van der Waals surface area contributed by atoms with E-state index in [1.54, 1.807) is 0 Å². The van der Waals surface area contributed by atoms with Gasteiger partial charge in [0.1, 0.15) is 10.6 Å². The van der Waals surface area contributed by atoms with Crippen LogP contribution in [0.2, 0.25) is 5.02 Å². The predicted octanol–water partition coefficient (Wildman–Crippen LogP) is 1.12. The van der Waals surface area contributed by atoms with Gasteiger partial charge in [-0.3, -0.25) is 14.7 Å². The second kappa shape index (κ2) is 6.31. The molecule has 0 bridgehead atoms. The summed E-state index contributed by atoms with van der Waals surface area (Å²) in [5.74, 6) is -4.11. The third-order valence-electron chi connectivity index (χ3n) is 2.86. The molecule has 120 valence electrons. The Labute approximate surface area is 135 Å². The topological polar surface area (TPSA) is 134 Å². The first-order valence-corrected chi connectivity index (χ1v) is 7.93. The van der Waals surface area contributed by atoms with E-state index in [0.717, 1.165) is 6.20 Å². The van der Waals surface area contributed by atoms with Crippen LogP contribution in [-0.4, -0.2) is 41.3 Å². The van der Waals surface area contributed by atoms with Crippen LogP contribution in [-0.2, 0) is 19.4 Å². The van der Waals surface area contributed by atoms with Crippen LogP contribution in [0.5, 0.6) is 0 Å². The quantitative estimate of drug-likeness (QED) is 0.450. The highest BCUT2D eigenvalue weighted by Gasteiger charge is 2.28. The van der Waals surface area contributed by atoms with Gasteiger partial charge in [-0.2, -0.15) is 5.10 Å². The maximum atomic E-state index is 12.5. The molecule has 0 atom stereocenters. The summed E-state index contributed by atoms with van der Waals surface area (Å²) in [7, 11) is -4.08. The van der Waals surface area contributed by atoms with Gasteiger partial charge in [0.2, 0.25) is 15.6 Å². The van der Waals surface area contributed by atoms with Crippen molar-refractivity contribution in [2.45, 2.75) is 16.2 Å². The lowest BCUT2D eigenvalue weighted by Gasteiger charge is -2.04. The van der Waals surface area contributed by atoms with E-state index in [-0.39, 0.29) is 4.90 Å². The van der Waals surface area contributed by atoms with Gasteiger partial charge in [-0.1, -0.05) is 11.6 Å². The number of carboxylic acid groups (broad SMARTS) is 1. The lowest BCUT2D eigenvalue weighted by molar-refractivity contribution is -0.148. The molecule has 1 aromatic carbocycles. The number of H-pyrrole nitrogens is 1. The lowest BCUT2D eigenvalue weighted by atomic mass is 10.1. The van der Waals surface area contributed by atoms with Crippen molar-refractivity contribution in [3.8, 4) is 0 Å². The van der Waals surface area contributed by atoms with E-state index in [0.29, 0.717) is 5.02 Å². The van der Waals surface area contributed by atoms with E-state index in [2.05, 4.69) is 10.2 Å². The third kappa shape index (κ3) is 3.46. The lowest BCUT2D eigenvalue weighted by Crippen LogP contribution is -2.18. The molecule has 0 saturated heterocycles. The summed E-state index contributed by atoms with van der Waals surface area (Å²) in [6.45, 7) is 0. The van der Waals surface area contributed by atoms with Crippen LogP contribution in [0.25, 0.3) is 0 Å². The first-order valence-electron chi connectivity index (χ1n) is 6.07. The van der Waals surface area contributed by atoms with Gasteiger partial charge >= 0.3 is 5.97 Å². The Morgan fingerprint density at radius 2 is 1.78 bits per heavy atom. The molecule has 0 radical (unpaired) electrons. The zero-order valence-electron chi connectivity index (χ0n) is 11.3. The third-order valence-corrected chi connectivity index (χ3v) is 4.89. The van der Waals surface area contributed by atoms with Gasteiger partial charge in [0, 0.05) is 5.02 Å². The molecule has 10 heteroatoms. The van der Waals surface area contributed by atoms with Crippen LogP contribution in [0.1, 0.15) is 16.9 Å². The Morgan fingerprint density at radius 3 is 2.35 bits per heavy atom. The summed E-state index contributed by atoms with van der Waals surface area (Å²) in [5.41, 5.74) is -0.449. The summed E-state index contributed by atoms with van der Waals surface area (Å²) in [4.78, 5) is 32.9. The molecule has 23 heavy (non-hydrogen) atoms. The van der Waals surface area contributed by atoms with E-state index < -0.39 is 44.4 Å². The number of nitrogens with zero attached hydrogens (tertiary/aromatic N) is 1. The molecule has 0 spiro atoms. The van der Waals surface area contributed by atoms with Gasteiger partial charge in [-0.15, -0.1) is 0 Å². The molecule has 0 unspecified atom stereocenters. The van der Waals surface area contributed by atoms with Gasteiger partial charge in [-0.05, 0) is 24.3 Å². The van der Waals surface area contributed by atoms with E-state index >= 15 is 0 Å². The fourth-order valence-corrected chi connectivity index (χ4v) is 3.22. The van der Waals surface area contributed by atoms with Crippen LogP contribution >= 0.6 is 11.6 Å². The van der Waals surface area contributed by atoms with E-state index in [1.807, 2.05) is 0 Å². The van der Waals surface area contributed by atoms with Crippen LogP contribution < -0.4 is 0 Å². The molecule has 0 amide bonds. The number of aliphatic carboxylic acids is 1. The molecule has 8 nitrogen and oxygen atoms in total. The Morgan fingerprint density at radius 1 is 1.17 bits per heavy atom. The first kappa shape index (κ1) is 16.8. The van der Waals surface area contributed by atoms with Crippen molar-refractivity contribution < 1.29 is 27.9 Å². The van der Waals surface area contributed by atoms with Crippen molar-refractivity contribution in [3.05, 3.63) is 41.2 Å². The molecular formula is C13H9ClN2O6S. The Kier molecular flexibility index (Phi) is 4.62. The number of aromatic nitrogens is 2. The number of hydrogen-bond acceptors (Lipinski definition) is 6. The number of carbonyl (C=O) groups excluding carboxylic acids is 2. The van der Waals surface area contributed by atoms with Crippen LogP contribution in [0.15, 0.2) is 40.3 Å². The van der Waals surface area contributed by atoms with Gasteiger partial charge in [0.25, 0.3) is 0 Å². The maximum absolute atomic E-state index is 12.5. The molecule has 2 aromatic rings. The van der Waals surface area contributed by atoms with Crippen molar-refractivity contribution in [2.75, 3.05) is 0 Å². The SMILES string of the molecule is O=C(O)C(=O)CC(=O)c1[nH]ncc1S(=O)(=O)c1ccc(Cl)cc1. The van der Waals surface area contributed by atoms with Crippen molar-refractivity contribution in [1.29, 1.82) is 0 Å². The number of Topliss-reactive ketones (excluding diaryl/α,β-unsaturated/α-hetero) is 2. The molecule has 1 aromatic heterocycles. The van der Waals surface area contributed by atoms with Crippen molar-refractivity contribution in [1.82, 2.24) is 10.2 Å². The van der Waals surface area contributed by atoms with Crippen LogP contribution in [0, 0.1) is 0 Å². The minimum atomic E-state index is -4.08. The highest BCUT2D eigenvalue weighted by atomic mass is 35.5. The number of nitrogens with one attached hydrogen (secondary N) is 1. The summed E-state index contributed by atoms with van der Waals surface area (Å²) < 4.78 is 25.0. The van der Waals surface area contributed by atoms with Crippen LogP contribution in [0.3, 0.4) is 0 Å². The summed E-state index contributed by atoms with van der Waals surface area (Å²) >= 11 is 5.69. The van der Waals surface area contributed by atoms with Crippen molar-refractivity contribution >= 4 is 39.0 Å². The molecular weight excluding hydrogens is 348 g/mol. The number of hydrogen-bond donors (Lipinski definition) is 2. The van der Waals surface area contributed by atoms with E-state index in [1.165, 1.54) is 24.3 Å². The number of carboxylic acids is 1. The average molecular weight is 357 g/mol. The molecule has 1 heterocycles. The molecule has 2 rings (SSSR count). The summed E-state index contributed by atoms with van der Waals surface area (Å²) in [6.07, 6.45) is -0.0525. The van der Waals surface area contributed by atoms with Gasteiger partial charge in [0.05, 0.1) is 17.5 Å². The average Bonchev–Trinajstić information content (AvgIpc) is 2.97. The summed E-state index contributed by atoms with van der Waals surface area (Å²) in [5, 5.41) is 14.5. The Balaban J connectivity index is 2.40. The molecule has 0 aliphatic rings. The van der Waals surface area contributed by atoms with Crippen molar-refractivity contribution in [2.24, 2.45) is 0 Å². The number of carbonyl (C=O) groups is 3. The summed E-state index contributed by atoms with van der Waals surface area (Å²) in [6, 6.07) is 5.23. The number of aromatic amines is 1. The highest BCUT2D eigenvalue weighted by Crippen LogP contribution is 2.24. The number of halogens is 1. The molecule has 0 fully saturated rings. The zero-order chi connectivity index (χ0) is 17.2. The fourth-order valence-electron chi connectivity index (χ4n) is 1.73. The standard InChI is InChI=1S/C13H9ClN2O6S/c14-7-1-3-8(4-2-7)23(21,22)11-6-15-16-12(11)9(17)5-10(18)13(19)20/h1-4,6H,5H2,(H,15,16)(H,19,20). The van der Waals surface area contributed by atoms with E-state index in [4.69, 9.17) is 16.7 Å². The van der Waals surface area contributed by atoms with Gasteiger partial charge in [-0.25, -0.2) is 13.2 Å². The zero-order valence-corrected chi connectivity index (χ0v) is 12.9. The van der Waals surface area contributed by atoms with Crippen molar-refractivity contribution in [3.63, 3.8) is 0 Å². The molecule has 0 aliphatic heterocycles. The minimum Gasteiger partial charge on any atom is -0.475 e. The smallest absolute Gasteiger partial charge is 0.372 e. The van der Waals surface area contributed by atoms with E-state index in [9.17, 15) is 22.8 Å². The Bertz CT molecular complexity index is 885. The molecule has 0 saturated carbocycles. The monoisotopic (exact) mass is 356 g/mol. The predicted molar refractivity (Wildman–Crippen MR) is 77.1 cm³/mol. The maximum Gasteiger partial charge on any atom is 0.372 e. The van der Waals surface area contributed by atoms with Crippen LogP contribution in [0.4, 0.5) is 0 Å². The number of rotatable bonds is 6. The minimum absolute atomic E-state index is 0.123. The fraction of sp³-hybridized carbons (Fsp3) is 0.0769. The second-order valence-electron chi connectivity index (χ2n) is 4.39.